The van der Waals surface area contributed by atoms with Crippen molar-refractivity contribution in [2.75, 3.05) is 76.4 Å². The van der Waals surface area contributed by atoms with Crippen LogP contribution < -0.4 is 9.80 Å². The molecule has 3 aliphatic heterocycles. The number of hydrogen-bond acceptors (Lipinski definition) is 16. The number of nitrogens with zero attached hydrogens (tertiary/aromatic N) is 3. The molecule has 2 aromatic carbocycles. The Morgan fingerprint density at radius 2 is 1.37 bits per heavy atom. The Morgan fingerprint density at radius 1 is 0.746 bits per heavy atom. The molecule has 0 bridgehead atoms. The van der Waals surface area contributed by atoms with Crippen molar-refractivity contribution in [1.82, 2.24) is 5.06 Å². The van der Waals surface area contributed by atoms with E-state index in [2.05, 4.69) is 4.90 Å². The number of allylic oxidation sites excluding steroid dienone is 7. The van der Waals surface area contributed by atoms with E-state index in [0.717, 1.165) is 18.5 Å². The molecule has 3 atom stereocenters. The van der Waals surface area contributed by atoms with Crippen LogP contribution in [0.5, 0.6) is 0 Å². The number of amides is 2. The van der Waals surface area contributed by atoms with E-state index in [1.807, 2.05) is 43.9 Å². The third-order valence-electron chi connectivity index (χ3n) is 12.7. The fraction of sp³-hybridized carbons (Fsp3) is 0.489. The monoisotopic (exact) mass is 993 g/mol. The third kappa shape index (κ3) is 11.9. The smallest absolute Gasteiger partial charge is 0.335 e. The molecule has 67 heavy (non-hydrogen) atoms. The average Bonchev–Trinajstić information content (AvgIpc) is 3.77. The molecule has 0 radical (unpaired) electrons. The van der Waals surface area contributed by atoms with E-state index in [1.54, 1.807) is 56.7 Å². The lowest BCUT2D eigenvalue weighted by Crippen LogP contribution is -2.54. The van der Waals surface area contributed by atoms with Gasteiger partial charge in [0.1, 0.15) is 0 Å². The van der Waals surface area contributed by atoms with Crippen LogP contribution in [0.4, 0.5) is 11.4 Å². The van der Waals surface area contributed by atoms with Gasteiger partial charge in [-0.1, -0.05) is 43.4 Å². The summed E-state index contributed by atoms with van der Waals surface area (Å²) < 4.78 is 115. The number of fused-ring (bicyclic) bond motifs is 2. The highest BCUT2D eigenvalue weighted by Gasteiger charge is 2.55. The van der Waals surface area contributed by atoms with Crippen molar-refractivity contribution in [3.05, 3.63) is 95.8 Å². The van der Waals surface area contributed by atoms with E-state index in [-0.39, 0.29) is 61.7 Å². The van der Waals surface area contributed by atoms with E-state index in [0.29, 0.717) is 48.1 Å². The van der Waals surface area contributed by atoms with Gasteiger partial charge in [-0.05, 0) is 86.7 Å². The molecular formula is C45H59N3O16S3. The topological polar surface area (TPSA) is 250 Å². The second kappa shape index (κ2) is 21.7. The van der Waals surface area contributed by atoms with Gasteiger partial charge in [0.25, 0.3) is 42.2 Å². The number of carbonyl (C=O) groups excluding carboxylic acids is 3. The first-order valence-electron chi connectivity index (χ1n) is 21.4. The molecule has 2 N–H and O–H groups in total. The van der Waals surface area contributed by atoms with Crippen molar-refractivity contribution in [1.29, 1.82) is 0 Å². The lowest BCUT2D eigenvalue weighted by Gasteiger charge is -2.45. The summed E-state index contributed by atoms with van der Waals surface area (Å²) in [6.07, 6.45) is 13.3. The summed E-state index contributed by atoms with van der Waals surface area (Å²) in [5.74, 6) is -2.48. The van der Waals surface area contributed by atoms with Gasteiger partial charge in [-0.15, -0.1) is 5.06 Å². The van der Waals surface area contributed by atoms with Gasteiger partial charge in [-0.25, -0.2) is 4.79 Å². The van der Waals surface area contributed by atoms with Crippen LogP contribution in [0.25, 0.3) is 0 Å². The average molecular weight is 994 g/mol. The minimum absolute atomic E-state index is 0.0299. The number of carbonyl (C=O) groups is 3. The van der Waals surface area contributed by atoms with E-state index < -0.39 is 70.3 Å². The number of rotatable bonds is 24. The standard InChI is InChI=1S/C45H59N3O16S3/c1-43(23-27-60-4)35-31-33(66(55,56)57)14-16-37(35)46(24-29-63-26-20-42(51)64-48-40(49)18-19-41(48)50)39(43)13-10-8-7-9-11-22-45(3)44(2,21-12-30-65(52,53)54)36-32-34(67(58,59)62-6)15-17-38(36)47(45)25-28-61-5/h7-11,13-17,22,31-32H,12,18-21,23-30H2,1-6H3,(H,52,53,54)(H,55,56,57)/b9-7+,10-8+,22-11+,39-13+. The summed E-state index contributed by atoms with van der Waals surface area (Å²) in [6, 6.07) is 9.05. The number of hydroxylamine groups is 2. The van der Waals surface area contributed by atoms with Crippen molar-refractivity contribution in [2.24, 2.45) is 0 Å². The molecule has 5 rings (SSSR count). The van der Waals surface area contributed by atoms with Crippen molar-refractivity contribution >= 4 is 59.5 Å². The van der Waals surface area contributed by atoms with Gasteiger partial charge in [-0.3, -0.25) is 22.9 Å². The van der Waals surface area contributed by atoms with Gasteiger partial charge in [-0.2, -0.15) is 25.3 Å². The number of hydrogen-bond donors (Lipinski definition) is 2. The van der Waals surface area contributed by atoms with Crippen LogP contribution in [0.15, 0.2) is 94.4 Å². The number of imide groups is 1. The molecular weight excluding hydrogens is 935 g/mol. The van der Waals surface area contributed by atoms with E-state index >= 15 is 0 Å². The van der Waals surface area contributed by atoms with Gasteiger partial charge in [0.05, 0.1) is 54.4 Å². The molecule has 22 heteroatoms. The van der Waals surface area contributed by atoms with Crippen LogP contribution in [0.3, 0.4) is 0 Å². The normalized spacial score (nSPS) is 22.9. The fourth-order valence-corrected chi connectivity index (χ4v) is 10.6. The number of methoxy groups -OCH3 is 2. The van der Waals surface area contributed by atoms with E-state index in [1.165, 1.54) is 18.2 Å². The predicted molar refractivity (Wildman–Crippen MR) is 247 cm³/mol. The van der Waals surface area contributed by atoms with Crippen LogP contribution in [0, 0.1) is 0 Å². The summed E-state index contributed by atoms with van der Waals surface area (Å²) >= 11 is 0. The van der Waals surface area contributed by atoms with Crippen molar-refractivity contribution in [3.63, 3.8) is 0 Å². The first-order valence-corrected chi connectivity index (χ1v) is 25.9. The maximum atomic E-state index is 12.8. The SMILES string of the molecule is COCCN1c2ccc(S(=O)(=O)OC)cc2C(C)(CCCS(=O)(=O)O)C1(C)/C=C/C=C/C=C/C=C1/N(CCOCCC(=O)ON2C(=O)CCC2=O)c2ccc(S(=O)(=O)O)cc2C1(C)CCOC. The zero-order valence-electron chi connectivity index (χ0n) is 38.4. The Morgan fingerprint density at radius 3 is 2.01 bits per heavy atom. The lowest BCUT2D eigenvalue weighted by molar-refractivity contribution is -0.198. The molecule has 19 nitrogen and oxygen atoms in total. The maximum absolute atomic E-state index is 12.8. The van der Waals surface area contributed by atoms with Crippen LogP contribution in [0.2, 0.25) is 0 Å². The Bertz CT molecular complexity index is 2630. The Labute approximate surface area is 392 Å². The largest absolute Gasteiger partial charge is 0.385 e. The van der Waals surface area contributed by atoms with E-state index in [4.69, 9.17) is 23.2 Å². The van der Waals surface area contributed by atoms with Crippen LogP contribution in [-0.4, -0.2) is 129 Å². The zero-order chi connectivity index (χ0) is 49.4. The zero-order valence-corrected chi connectivity index (χ0v) is 40.8. The van der Waals surface area contributed by atoms with Gasteiger partial charge < -0.3 is 28.8 Å². The molecule has 3 unspecified atom stereocenters. The predicted octanol–water partition coefficient (Wildman–Crippen LogP) is 4.80. The van der Waals surface area contributed by atoms with Crippen LogP contribution in [-0.2, 0) is 78.8 Å². The van der Waals surface area contributed by atoms with E-state index in [9.17, 15) is 48.7 Å². The maximum Gasteiger partial charge on any atom is 0.335 e. The molecule has 3 heterocycles. The van der Waals surface area contributed by atoms with Crippen LogP contribution in [0.1, 0.15) is 70.4 Å². The molecule has 2 amide bonds. The molecule has 3 aliphatic rings. The number of ether oxygens (including phenoxy) is 3. The molecule has 368 valence electrons. The minimum Gasteiger partial charge on any atom is -0.385 e. The summed E-state index contributed by atoms with van der Waals surface area (Å²) in [7, 11) is -8.73. The van der Waals surface area contributed by atoms with Crippen molar-refractivity contribution < 1.29 is 72.0 Å². The molecule has 0 aliphatic carbocycles. The van der Waals surface area contributed by atoms with Crippen LogP contribution >= 0.6 is 0 Å². The molecule has 1 saturated heterocycles. The second-order valence-corrected chi connectivity index (χ2v) is 21.5. The van der Waals surface area contributed by atoms with Crippen molar-refractivity contribution in [2.45, 2.75) is 85.5 Å². The molecule has 2 aromatic rings. The summed E-state index contributed by atoms with van der Waals surface area (Å²) in [4.78, 5) is 44.6. The Hall–Kier alpha value is -4.78. The Balaban J connectivity index is 1.43. The molecule has 1 fully saturated rings. The minimum atomic E-state index is -4.56. The quantitative estimate of drug-likeness (QED) is 0.0471. The summed E-state index contributed by atoms with van der Waals surface area (Å²) in [5.41, 5.74) is 0.850. The molecule has 0 spiro atoms. The first-order chi connectivity index (χ1) is 31.5. The highest BCUT2D eigenvalue weighted by Crippen LogP contribution is 2.55. The first kappa shape index (κ1) is 53.2. The van der Waals surface area contributed by atoms with Gasteiger partial charge in [0.2, 0.25) is 0 Å². The van der Waals surface area contributed by atoms with Gasteiger partial charge in [0.15, 0.2) is 0 Å². The van der Waals surface area contributed by atoms with Crippen molar-refractivity contribution in [3.8, 4) is 0 Å². The molecule has 0 saturated carbocycles. The highest BCUT2D eigenvalue weighted by molar-refractivity contribution is 7.86. The highest BCUT2D eigenvalue weighted by atomic mass is 32.2. The second-order valence-electron chi connectivity index (χ2n) is 16.8. The van der Waals surface area contributed by atoms with Gasteiger partial charge >= 0.3 is 5.97 Å². The number of anilines is 2. The van der Waals surface area contributed by atoms with Gasteiger partial charge in [0, 0.05) is 74.7 Å². The third-order valence-corrected chi connectivity index (χ3v) is 15.6. The molecule has 0 aromatic heterocycles. The summed E-state index contributed by atoms with van der Waals surface area (Å²) in [6.45, 7) is 7.13. The fourth-order valence-electron chi connectivity index (χ4n) is 8.87. The summed E-state index contributed by atoms with van der Waals surface area (Å²) in [5, 5.41) is 0.473. The number of benzene rings is 2. The Kier molecular flexibility index (Phi) is 17.2. The lowest BCUT2D eigenvalue weighted by atomic mass is 9.67.